The fourth-order valence-corrected chi connectivity index (χ4v) is 3.42. The van der Waals surface area contributed by atoms with Crippen LogP contribution in [0.5, 0.6) is 11.6 Å². The number of carbonyl (C=O) groups excluding carboxylic acids is 1. The first kappa shape index (κ1) is 24.8. The van der Waals surface area contributed by atoms with E-state index >= 15 is 0 Å². The molecule has 1 aliphatic heterocycles. The van der Waals surface area contributed by atoms with Crippen LogP contribution in [0.2, 0.25) is 0 Å². The molecule has 2 amide bonds. The molecule has 1 aromatic carbocycles. The third-order valence-corrected chi connectivity index (χ3v) is 5.20. The van der Waals surface area contributed by atoms with E-state index in [1.54, 1.807) is 23.2 Å². The maximum Gasteiger partial charge on any atom is 0.411 e. The van der Waals surface area contributed by atoms with E-state index in [0.29, 0.717) is 56.5 Å². The molecular formula is C23H29F3N4O3. The van der Waals surface area contributed by atoms with E-state index in [1.165, 1.54) is 5.56 Å². The van der Waals surface area contributed by atoms with Gasteiger partial charge in [0.15, 0.2) is 0 Å². The van der Waals surface area contributed by atoms with Crippen molar-refractivity contribution in [3.05, 3.63) is 48.2 Å². The van der Waals surface area contributed by atoms with Crippen LogP contribution >= 0.6 is 0 Å². The molecule has 2 heterocycles. The molecule has 0 radical (unpaired) electrons. The fraction of sp³-hybridized carbons (Fsp3) is 0.478. The van der Waals surface area contributed by atoms with Gasteiger partial charge in [-0.15, -0.1) is 0 Å². The van der Waals surface area contributed by atoms with Crippen molar-refractivity contribution in [3.63, 3.8) is 0 Å². The first-order valence-electron chi connectivity index (χ1n) is 11.0. The highest BCUT2D eigenvalue weighted by atomic mass is 19.4. The summed E-state index contributed by atoms with van der Waals surface area (Å²) in [6.07, 6.45) is -1.30. The summed E-state index contributed by atoms with van der Waals surface area (Å²) in [6.45, 7) is 3.97. The van der Waals surface area contributed by atoms with Gasteiger partial charge >= 0.3 is 12.2 Å². The Morgan fingerprint density at radius 3 is 2.61 bits per heavy atom. The zero-order valence-corrected chi connectivity index (χ0v) is 18.6. The number of alkyl halides is 3. The van der Waals surface area contributed by atoms with Crippen molar-refractivity contribution in [2.75, 3.05) is 51.3 Å². The minimum Gasteiger partial charge on any atom is -0.439 e. The van der Waals surface area contributed by atoms with E-state index in [1.807, 2.05) is 24.3 Å². The summed E-state index contributed by atoms with van der Waals surface area (Å²) in [6, 6.07) is 11.0. The Balaban J connectivity index is 1.37. The Kier molecular flexibility index (Phi) is 8.90. The minimum absolute atomic E-state index is 0.0664. The molecular weight excluding hydrogens is 437 g/mol. The number of nitrogens with zero attached hydrogens (tertiary/aromatic N) is 3. The molecule has 0 spiro atoms. The molecule has 2 aromatic rings. The standard InChI is InChI=1S/C23H29F3N4O3/c1-2-18-5-3-6-20(15-18)33-21-8-7-19(16-27-21)28-22(31)30-12-10-29(11-13-30)9-4-14-32-17-23(24,25)26/h3,5-8,15-16H,2,4,9-14,17H2,1H3,(H,28,31). The Labute approximate surface area is 191 Å². The average Bonchev–Trinajstić information content (AvgIpc) is 2.80. The number of hydrogen-bond donors (Lipinski definition) is 1. The molecule has 3 rings (SSSR count). The van der Waals surface area contributed by atoms with Gasteiger partial charge in [0, 0.05) is 45.4 Å². The lowest BCUT2D eigenvalue weighted by Gasteiger charge is -2.34. The number of rotatable bonds is 9. The molecule has 0 bridgehead atoms. The summed E-state index contributed by atoms with van der Waals surface area (Å²) in [5.41, 5.74) is 1.74. The second-order valence-electron chi connectivity index (χ2n) is 7.77. The summed E-state index contributed by atoms with van der Waals surface area (Å²) in [7, 11) is 0. The Morgan fingerprint density at radius 2 is 1.94 bits per heavy atom. The number of nitrogens with one attached hydrogen (secondary N) is 1. The van der Waals surface area contributed by atoms with Crippen LogP contribution in [0.4, 0.5) is 23.7 Å². The Morgan fingerprint density at radius 1 is 1.15 bits per heavy atom. The van der Waals surface area contributed by atoms with Crippen LogP contribution in [0, 0.1) is 0 Å². The van der Waals surface area contributed by atoms with E-state index in [-0.39, 0.29) is 12.6 Å². The highest BCUT2D eigenvalue weighted by molar-refractivity contribution is 5.89. The molecule has 0 saturated carbocycles. The first-order valence-corrected chi connectivity index (χ1v) is 11.0. The van der Waals surface area contributed by atoms with Gasteiger partial charge in [-0.25, -0.2) is 9.78 Å². The minimum atomic E-state index is -4.29. The maximum atomic E-state index is 12.5. The van der Waals surface area contributed by atoms with Gasteiger partial charge in [-0.1, -0.05) is 19.1 Å². The molecule has 0 atom stereocenters. The molecule has 0 unspecified atom stereocenters. The van der Waals surface area contributed by atoms with Crippen molar-refractivity contribution in [2.45, 2.75) is 25.9 Å². The van der Waals surface area contributed by atoms with Crippen LogP contribution in [0.1, 0.15) is 18.9 Å². The second-order valence-corrected chi connectivity index (χ2v) is 7.77. The second kappa shape index (κ2) is 11.9. The van der Waals surface area contributed by atoms with E-state index in [0.717, 1.165) is 6.42 Å². The number of ether oxygens (including phenoxy) is 2. The number of amides is 2. The van der Waals surface area contributed by atoms with Gasteiger partial charge in [0.25, 0.3) is 0 Å². The van der Waals surface area contributed by atoms with Crippen LogP contribution in [-0.2, 0) is 11.2 Å². The van der Waals surface area contributed by atoms with Gasteiger partial charge in [-0.2, -0.15) is 13.2 Å². The largest absolute Gasteiger partial charge is 0.439 e. The van der Waals surface area contributed by atoms with Gasteiger partial charge in [-0.05, 0) is 36.6 Å². The molecule has 7 nitrogen and oxygen atoms in total. The van der Waals surface area contributed by atoms with Crippen molar-refractivity contribution in [1.82, 2.24) is 14.8 Å². The molecule has 1 aromatic heterocycles. The topological polar surface area (TPSA) is 66.9 Å². The quantitative estimate of drug-likeness (QED) is 0.549. The molecule has 1 saturated heterocycles. The van der Waals surface area contributed by atoms with E-state index in [4.69, 9.17) is 4.74 Å². The number of pyridine rings is 1. The van der Waals surface area contributed by atoms with Crippen molar-refractivity contribution in [2.24, 2.45) is 0 Å². The van der Waals surface area contributed by atoms with E-state index in [9.17, 15) is 18.0 Å². The highest BCUT2D eigenvalue weighted by Gasteiger charge is 2.27. The zero-order chi connectivity index (χ0) is 23.7. The monoisotopic (exact) mass is 466 g/mol. The third-order valence-electron chi connectivity index (χ3n) is 5.20. The summed E-state index contributed by atoms with van der Waals surface area (Å²) in [4.78, 5) is 20.6. The predicted octanol–water partition coefficient (Wildman–Crippen LogP) is 4.55. The van der Waals surface area contributed by atoms with Crippen molar-refractivity contribution in [1.29, 1.82) is 0 Å². The lowest BCUT2D eigenvalue weighted by molar-refractivity contribution is -0.174. The number of carbonyl (C=O) groups is 1. The van der Waals surface area contributed by atoms with Gasteiger partial charge in [-0.3, -0.25) is 4.90 Å². The predicted molar refractivity (Wildman–Crippen MR) is 119 cm³/mol. The van der Waals surface area contributed by atoms with Crippen molar-refractivity contribution < 1.29 is 27.4 Å². The van der Waals surface area contributed by atoms with Crippen LogP contribution in [-0.4, -0.2) is 72.9 Å². The molecule has 1 fully saturated rings. The average molecular weight is 467 g/mol. The Bertz CT molecular complexity index is 885. The summed E-state index contributed by atoms with van der Waals surface area (Å²) >= 11 is 0. The SMILES string of the molecule is CCc1cccc(Oc2ccc(NC(=O)N3CCN(CCCOCC(F)(F)F)CC3)cn2)c1. The van der Waals surface area contributed by atoms with Crippen LogP contribution in [0.25, 0.3) is 0 Å². The number of aryl methyl sites for hydroxylation is 1. The van der Waals surface area contributed by atoms with Gasteiger partial charge in [0.1, 0.15) is 12.4 Å². The summed E-state index contributed by atoms with van der Waals surface area (Å²) in [5, 5.41) is 2.83. The lowest BCUT2D eigenvalue weighted by Crippen LogP contribution is -2.50. The van der Waals surface area contributed by atoms with Crippen molar-refractivity contribution in [3.8, 4) is 11.6 Å². The van der Waals surface area contributed by atoms with Gasteiger partial charge < -0.3 is 19.7 Å². The number of aromatic nitrogens is 1. The van der Waals surface area contributed by atoms with Gasteiger partial charge in [0.2, 0.25) is 5.88 Å². The molecule has 1 N–H and O–H groups in total. The Hall–Kier alpha value is -2.85. The number of anilines is 1. The normalized spacial score (nSPS) is 14.8. The first-order chi connectivity index (χ1) is 15.8. The van der Waals surface area contributed by atoms with Crippen LogP contribution < -0.4 is 10.1 Å². The maximum absolute atomic E-state index is 12.5. The van der Waals surface area contributed by atoms with Crippen LogP contribution in [0.3, 0.4) is 0 Å². The number of halogens is 3. The smallest absolute Gasteiger partial charge is 0.411 e. The van der Waals surface area contributed by atoms with Gasteiger partial charge in [0.05, 0.1) is 11.9 Å². The van der Waals surface area contributed by atoms with Crippen LogP contribution in [0.15, 0.2) is 42.6 Å². The molecule has 10 heteroatoms. The van der Waals surface area contributed by atoms with E-state index in [2.05, 4.69) is 26.9 Å². The summed E-state index contributed by atoms with van der Waals surface area (Å²) in [5.74, 6) is 1.15. The highest BCUT2D eigenvalue weighted by Crippen LogP contribution is 2.22. The summed E-state index contributed by atoms with van der Waals surface area (Å²) < 4.78 is 46.6. The zero-order valence-electron chi connectivity index (χ0n) is 18.6. The van der Waals surface area contributed by atoms with Crippen molar-refractivity contribution >= 4 is 11.7 Å². The lowest BCUT2D eigenvalue weighted by atomic mass is 10.2. The number of benzene rings is 1. The van der Waals surface area contributed by atoms with E-state index < -0.39 is 12.8 Å². The molecule has 180 valence electrons. The number of piperazine rings is 1. The molecule has 33 heavy (non-hydrogen) atoms. The fourth-order valence-electron chi connectivity index (χ4n) is 3.42. The molecule has 0 aliphatic carbocycles. The number of hydrogen-bond acceptors (Lipinski definition) is 5. The molecule has 1 aliphatic rings. The third kappa shape index (κ3) is 8.54. The number of urea groups is 1.